The predicted molar refractivity (Wildman–Crippen MR) is 237 cm³/mol. The fourth-order valence-electron chi connectivity index (χ4n) is 15.3. The Hall–Kier alpha value is -0.120. The third-order valence-electron chi connectivity index (χ3n) is 17.4. The number of hydrogen-bond donors (Lipinski definition) is 0. The Labute approximate surface area is 350 Å². The second-order valence-corrected chi connectivity index (χ2v) is 25.1. The summed E-state index contributed by atoms with van der Waals surface area (Å²) < 4.78 is 13.3. The van der Waals surface area contributed by atoms with Crippen molar-refractivity contribution in [3.05, 3.63) is 35.5 Å². The van der Waals surface area contributed by atoms with Crippen LogP contribution in [-0.4, -0.2) is 61.7 Å². The first-order valence-corrected chi connectivity index (χ1v) is 25.7. The Kier molecular flexibility index (Phi) is 11.7. The summed E-state index contributed by atoms with van der Waals surface area (Å²) in [6.45, 7) is 10.5. The zero-order valence-electron chi connectivity index (χ0n) is 32.3. The van der Waals surface area contributed by atoms with Crippen molar-refractivity contribution in [1.29, 1.82) is 0 Å². The first-order valence-electron chi connectivity index (χ1n) is 21.7. The van der Waals surface area contributed by atoms with E-state index >= 15 is 0 Å². The van der Waals surface area contributed by atoms with E-state index in [1.807, 2.05) is 0 Å². The van der Waals surface area contributed by atoms with E-state index in [-0.39, 0.29) is 31.6 Å². The van der Waals surface area contributed by atoms with Crippen LogP contribution in [0.15, 0.2) is 35.5 Å². The van der Waals surface area contributed by atoms with E-state index in [1.165, 1.54) is 86.4 Å². The van der Waals surface area contributed by atoms with Gasteiger partial charge in [-0.25, -0.2) is 0 Å². The van der Waals surface area contributed by atoms with Crippen molar-refractivity contribution in [2.75, 3.05) is 36.2 Å². The fraction of sp³-hybridized carbons (Fsp3) is 0.830. The summed E-state index contributed by atoms with van der Waals surface area (Å²) in [6, 6.07) is 0. The van der Waals surface area contributed by atoms with Gasteiger partial charge in [-0.3, -0.25) is 9.59 Å². The molecule has 3 spiro atoms. The summed E-state index contributed by atoms with van der Waals surface area (Å²) in [7, 11) is 0. The molecule has 0 radical (unpaired) electrons. The average Bonchev–Trinajstić information content (AvgIpc) is 4.03. The van der Waals surface area contributed by atoms with E-state index in [0.717, 1.165) is 50.4 Å². The van der Waals surface area contributed by atoms with Crippen molar-refractivity contribution in [1.82, 2.24) is 0 Å². The predicted octanol–water partition coefficient (Wildman–Crippen LogP) is 12.2. The topological polar surface area (TPSA) is 52.6 Å². The zero-order valence-corrected chi connectivity index (χ0v) is 35.6. The third kappa shape index (κ3) is 6.20. The molecule has 0 aromatic carbocycles. The molecule has 8 unspecified atom stereocenters. The molecule has 55 heavy (non-hydrogen) atoms. The first kappa shape index (κ1) is 41.6. The molecule has 0 aromatic rings. The standard InChI is InChI=1S/C23H32O3S2.C22H30OS2.2CH4/c1-2-21-14-19(24)20-16-5-7-22(27-11-12-28-22)13-15(16)3-4-17(20)18(21)6-8-23(21)25-9-10-26-23;1-3-21-12-14(2)20-16-8-9-22(24-10-11-25-22)13-15(16)4-5-17(20)18(21)6-7-19(21)23;;/h13,16-18,20H,2-12,14H2,1H3;13,16-18,20H,2-12H2,1H3;2*1H4/t2*16?,17?,18?,20?,21-;;/m00../s1. The minimum absolute atomic E-state index is 0. The number of Topliss-reactive ketones (excluding diaryl/α,β-unsaturated/α-hetero) is 2. The molecule has 3 heterocycles. The van der Waals surface area contributed by atoms with Crippen molar-refractivity contribution < 1.29 is 19.1 Å². The molecule has 9 fully saturated rings. The van der Waals surface area contributed by atoms with E-state index in [0.29, 0.717) is 68.9 Å². The highest BCUT2D eigenvalue weighted by molar-refractivity contribution is 8.22. The number of rotatable bonds is 2. The average molecular weight is 827 g/mol. The van der Waals surface area contributed by atoms with Crippen LogP contribution in [-0.2, 0) is 19.1 Å². The molecule has 306 valence electrons. The quantitative estimate of drug-likeness (QED) is 0.255. The lowest BCUT2D eigenvalue weighted by Crippen LogP contribution is -2.57. The number of carbonyl (C=O) groups excluding carboxylic acids is 2. The molecule has 11 aliphatic rings. The monoisotopic (exact) mass is 826 g/mol. The number of carbonyl (C=O) groups is 2. The Morgan fingerprint density at radius 3 is 1.80 bits per heavy atom. The highest BCUT2D eigenvalue weighted by Gasteiger charge is 2.69. The molecule has 10 atom stereocenters. The number of ketones is 2. The van der Waals surface area contributed by atoms with Gasteiger partial charge >= 0.3 is 0 Å². The van der Waals surface area contributed by atoms with Crippen molar-refractivity contribution >= 4 is 58.6 Å². The van der Waals surface area contributed by atoms with E-state index in [4.69, 9.17) is 9.47 Å². The molecule has 0 amide bonds. The summed E-state index contributed by atoms with van der Waals surface area (Å²) in [5.41, 5.74) is 4.70. The lowest BCUT2D eigenvalue weighted by molar-refractivity contribution is -0.244. The van der Waals surface area contributed by atoms with Gasteiger partial charge in [0, 0.05) is 59.0 Å². The Balaban J connectivity index is 0.000000151. The number of thioether (sulfide) groups is 4. The molecule has 4 nitrogen and oxygen atoms in total. The smallest absolute Gasteiger partial charge is 0.174 e. The first-order chi connectivity index (χ1) is 25.7. The molecule has 6 saturated carbocycles. The van der Waals surface area contributed by atoms with Gasteiger partial charge in [-0.15, -0.1) is 47.0 Å². The maximum atomic E-state index is 13.7. The van der Waals surface area contributed by atoms with Crippen LogP contribution in [0.3, 0.4) is 0 Å². The molecular weight excluding hydrogens is 757 g/mol. The van der Waals surface area contributed by atoms with Crippen LogP contribution >= 0.6 is 47.0 Å². The largest absolute Gasteiger partial charge is 0.347 e. The lowest BCUT2D eigenvalue weighted by atomic mass is 9.50. The van der Waals surface area contributed by atoms with Crippen molar-refractivity contribution in [3.8, 4) is 0 Å². The van der Waals surface area contributed by atoms with Crippen LogP contribution in [0, 0.1) is 58.2 Å². The summed E-state index contributed by atoms with van der Waals surface area (Å²) in [5, 5.41) is 0. The van der Waals surface area contributed by atoms with Gasteiger partial charge in [0.05, 0.1) is 21.4 Å². The van der Waals surface area contributed by atoms with Crippen molar-refractivity contribution in [3.63, 3.8) is 0 Å². The van der Waals surface area contributed by atoms with Gasteiger partial charge in [0.25, 0.3) is 0 Å². The highest BCUT2D eigenvalue weighted by atomic mass is 32.2. The Morgan fingerprint density at radius 1 is 0.673 bits per heavy atom. The van der Waals surface area contributed by atoms with Gasteiger partial charge in [0.1, 0.15) is 11.6 Å². The van der Waals surface area contributed by atoms with Gasteiger partial charge in [0.15, 0.2) is 5.79 Å². The molecule has 0 N–H and O–H groups in total. The summed E-state index contributed by atoms with van der Waals surface area (Å²) in [5.74, 6) is 10.6. The van der Waals surface area contributed by atoms with E-state index < -0.39 is 5.79 Å². The summed E-state index contributed by atoms with van der Waals surface area (Å²) >= 11 is 8.68. The van der Waals surface area contributed by atoms with E-state index in [2.05, 4.69) is 79.6 Å². The normalized spacial score (nSPS) is 43.8. The maximum absolute atomic E-state index is 13.7. The third-order valence-corrected chi connectivity index (χ3v) is 24.2. The maximum Gasteiger partial charge on any atom is 0.174 e. The van der Waals surface area contributed by atoms with E-state index in [1.54, 1.807) is 11.1 Å². The molecule has 3 aliphatic heterocycles. The van der Waals surface area contributed by atoms with Gasteiger partial charge < -0.3 is 9.47 Å². The van der Waals surface area contributed by atoms with Gasteiger partial charge in [-0.05, 0) is 125 Å². The van der Waals surface area contributed by atoms with Crippen molar-refractivity contribution in [2.45, 2.75) is 145 Å². The number of fused-ring (bicyclic) bond motifs is 11. The Morgan fingerprint density at radius 2 is 1.24 bits per heavy atom. The van der Waals surface area contributed by atoms with E-state index in [9.17, 15) is 9.59 Å². The number of hydrogen-bond acceptors (Lipinski definition) is 8. The van der Waals surface area contributed by atoms with Gasteiger partial charge in [-0.1, -0.05) is 64.2 Å². The van der Waals surface area contributed by atoms with Gasteiger partial charge in [-0.2, -0.15) is 0 Å². The molecule has 11 rings (SSSR count). The second kappa shape index (κ2) is 15.4. The number of allylic oxidation sites excluding steroid dienone is 3. The second-order valence-electron chi connectivity index (χ2n) is 18.9. The molecule has 3 saturated heterocycles. The van der Waals surface area contributed by atoms with Gasteiger partial charge in [0.2, 0.25) is 0 Å². The minimum atomic E-state index is -0.461. The summed E-state index contributed by atoms with van der Waals surface area (Å²) in [6.07, 6.45) is 23.4. The molecule has 8 heteroatoms. The fourth-order valence-corrected chi connectivity index (χ4v) is 21.7. The molecule has 0 bridgehead atoms. The van der Waals surface area contributed by atoms with Crippen LogP contribution in [0.5, 0.6) is 0 Å². The highest BCUT2D eigenvalue weighted by Crippen LogP contribution is 2.69. The molecule has 8 aliphatic carbocycles. The minimum Gasteiger partial charge on any atom is -0.347 e. The van der Waals surface area contributed by atoms with Crippen LogP contribution in [0.25, 0.3) is 0 Å². The molecular formula is C47H70O4S4. The zero-order chi connectivity index (χ0) is 36.2. The lowest BCUT2D eigenvalue weighted by Gasteiger charge is -2.56. The van der Waals surface area contributed by atoms with Crippen molar-refractivity contribution in [2.24, 2.45) is 58.2 Å². The molecule has 0 aromatic heterocycles. The summed E-state index contributed by atoms with van der Waals surface area (Å²) in [4.78, 5) is 26.5. The Bertz CT molecular complexity index is 1580. The van der Waals surface area contributed by atoms with Crippen LogP contribution in [0.1, 0.15) is 131 Å². The number of ether oxygens (including phenoxy) is 2. The SMILES string of the molecule is C.C.C=C1C[C@]2(CC)C(=O)CCC2C2CCC3=CC4(CCC3C12)SCCS4.CC[C@]12CC(=O)C3C4CCC5(C=C4CCC3C1CCC21OCCO1)SCCS5. The van der Waals surface area contributed by atoms with Crippen LogP contribution in [0.4, 0.5) is 0 Å². The van der Waals surface area contributed by atoms with Crippen LogP contribution < -0.4 is 0 Å². The van der Waals surface area contributed by atoms with Crippen LogP contribution in [0.2, 0.25) is 0 Å².